The van der Waals surface area contributed by atoms with Crippen molar-refractivity contribution >= 4 is 6.21 Å². The second-order valence-corrected chi connectivity index (χ2v) is 5.55. The highest BCUT2D eigenvalue weighted by atomic mass is 14.9. The predicted molar refractivity (Wildman–Crippen MR) is 74.8 cm³/mol. The van der Waals surface area contributed by atoms with Crippen molar-refractivity contribution in [2.75, 3.05) is 6.54 Å². The summed E-state index contributed by atoms with van der Waals surface area (Å²) in [6, 6.07) is 1.30. The molecule has 1 fully saturated rings. The summed E-state index contributed by atoms with van der Waals surface area (Å²) in [4.78, 5) is 4.68. The largest absolute Gasteiger partial charge is 0.309 e. The lowest BCUT2D eigenvalue weighted by atomic mass is 9.96. The van der Waals surface area contributed by atoms with E-state index >= 15 is 0 Å². The fourth-order valence-corrected chi connectivity index (χ4v) is 2.80. The fourth-order valence-electron chi connectivity index (χ4n) is 2.80. The van der Waals surface area contributed by atoms with Crippen molar-refractivity contribution in [2.45, 2.75) is 70.4 Å². The molecule has 0 amide bonds. The zero-order valence-electron chi connectivity index (χ0n) is 11.1. The van der Waals surface area contributed by atoms with Gasteiger partial charge in [-0.05, 0) is 39.0 Å². The van der Waals surface area contributed by atoms with E-state index in [0.29, 0.717) is 12.1 Å². The molecule has 2 aliphatic rings. The van der Waals surface area contributed by atoms with Gasteiger partial charge < -0.3 is 5.32 Å². The maximum Gasteiger partial charge on any atom is 0.0496 e. The van der Waals surface area contributed by atoms with Crippen molar-refractivity contribution in [1.82, 2.24) is 5.32 Å². The van der Waals surface area contributed by atoms with Crippen LogP contribution in [-0.4, -0.2) is 24.8 Å². The molecular weight excluding hydrogens is 208 g/mol. The van der Waals surface area contributed by atoms with Gasteiger partial charge in [0.1, 0.15) is 0 Å². The van der Waals surface area contributed by atoms with Crippen molar-refractivity contribution in [3.8, 4) is 0 Å². The molecule has 2 aliphatic carbocycles. The SMILES string of the molecule is CC1=CCC(NCC=NC2CCCCC2)CC1. The van der Waals surface area contributed by atoms with Gasteiger partial charge >= 0.3 is 0 Å². The van der Waals surface area contributed by atoms with Crippen LogP contribution in [0, 0.1) is 0 Å². The molecule has 0 aromatic rings. The van der Waals surface area contributed by atoms with Crippen molar-refractivity contribution in [2.24, 2.45) is 4.99 Å². The van der Waals surface area contributed by atoms with Crippen LogP contribution < -0.4 is 5.32 Å². The minimum Gasteiger partial charge on any atom is -0.309 e. The minimum absolute atomic E-state index is 0.624. The van der Waals surface area contributed by atoms with Crippen LogP contribution in [-0.2, 0) is 0 Å². The maximum absolute atomic E-state index is 4.68. The smallest absolute Gasteiger partial charge is 0.0496 e. The minimum atomic E-state index is 0.624. The summed E-state index contributed by atoms with van der Waals surface area (Å²) in [5.41, 5.74) is 1.55. The molecule has 0 heterocycles. The second-order valence-electron chi connectivity index (χ2n) is 5.55. The van der Waals surface area contributed by atoms with Crippen LogP contribution in [0.5, 0.6) is 0 Å². The Morgan fingerprint density at radius 3 is 2.82 bits per heavy atom. The molecule has 1 saturated carbocycles. The number of hydrogen-bond acceptors (Lipinski definition) is 2. The van der Waals surface area contributed by atoms with E-state index in [2.05, 4.69) is 29.5 Å². The number of nitrogens with zero attached hydrogens (tertiary/aromatic N) is 1. The van der Waals surface area contributed by atoms with Crippen LogP contribution in [0.15, 0.2) is 16.6 Å². The molecule has 2 nitrogen and oxygen atoms in total. The standard InChI is InChI=1S/C15H26N2/c1-13-7-9-15(10-8-13)17-12-11-16-14-5-3-2-4-6-14/h7,11,14-15,17H,2-6,8-10,12H2,1H3. The van der Waals surface area contributed by atoms with Gasteiger partial charge in [0, 0.05) is 24.8 Å². The first-order valence-electron chi connectivity index (χ1n) is 7.25. The normalized spacial score (nSPS) is 27.4. The average Bonchev–Trinajstić information content (AvgIpc) is 2.38. The highest BCUT2D eigenvalue weighted by molar-refractivity contribution is 5.59. The number of allylic oxidation sites excluding steroid dienone is 1. The van der Waals surface area contributed by atoms with Gasteiger partial charge in [-0.25, -0.2) is 0 Å². The molecule has 0 aromatic carbocycles. The summed E-state index contributed by atoms with van der Waals surface area (Å²) in [6.45, 7) is 3.19. The van der Waals surface area contributed by atoms with Gasteiger partial charge in [-0.15, -0.1) is 0 Å². The average molecular weight is 234 g/mol. The molecule has 0 saturated heterocycles. The van der Waals surface area contributed by atoms with E-state index in [1.54, 1.807) is 5.57 Å². The van der Waals surface area contributed by atoms with E-state index < -0.39 is 0 Å². The molecule has 1 atom stereocenters. The zero-order valence-corrected chi connectivity index (χ0v) is 11.1. The molecular formula is C15H26N2. The number of hydrogen-bond donors (Lipinski definition) is 1. The molecule has 96 valence electrons. The first-order chi connectivity index (χ1) is 8.34. The van der Waals surface area contributed by atoms with Gasteiger partial charge in [-0.1, -0.05) is 30.9 Å². The first-order valence-corrected chi connectivity index (χ1v) is 7.25. The first kappa shape index (κ1) is 12.8. The van der Waals surface area contributed by atoms with Gasteiger partial charge in [-0.2, -0.15) is 0 Å². The van der Waals surface area contributed by atoms with Gasteiger partial charge in [0.05, 0.1) is 0 Å². The molecule has 17 heavy (non-hydrogen) atoms. The van der Waals surface area contributed by atoms with E-state index in [9.17, 15) is 0 Å². The Labute approximate surface area is 106 Å². The van der Waals surface area contributed by atoms with Crippen LogP contribution in [0.2, 0.25) is 0 Å². The molecule has 0 radical (unpaired) electrons. The van der Waals surface area contributed by atoms with Crippen molar-refractivity contribution in [3.63, 3.8) is 0 Å². The van der Waals surface area contributed by atoms with Crippen molar-refractivity contribution in [3.05, 3.63) is 11.6 Å². The van der Waals surface area contributed by atoms with E-state index in [0.717, 1.165) is 6.54 Å². The Hall–Kier alpha value is -0.630. The second kappa shape index (κ2) is 6.95. The zero-order chi connectivity index (χ0) is 11.9. The molecule has 0 spiro atoms. The lowest BCUT2D eigenvalue weighted by Gasteiger charge is -2.21. The third kappa shape index (κ3) is 4.63. The number of rotatable bonds is 4. The molecule has 2 rings (SSSR count). The van der Waals surface area contributed by atoms with Crippen LogP contribution >= 0.6 is 0 Å². The Morgan fingerprint density at radius 2 is 2.12 bits per heavy atom. The van der Waals surface area contributed by atoms with Crippen LogP contribution in [0.4, 0.5) is 0 Å². The van der Waals surface area contributed by atoms with Gasteiger partial charge in [0.2, 0.25) is 0 Å². The van der Waals surface area contributed by atoms with Crippen LogP contribution in [0.25, 0.3) is 0 Å². The van der Waals surface area contributed by atoms with E-state index in [-0.39, 0.29) is 0 Å². The summed E-state index contributed by atoms with van der Waals surface area (Å²) in [6.07, 6.45) is 15.0. The van der Waals surface area contributed by atoms with E-state index in [1.165, 1.54) is 51.4 Å². The highest BCUT2D eigenvalue weighted by Gasteiger charge is 2.12. The lowest BCUT2D eigenvalue weighted by molar-refractivity contribution is 0.443. The summed E-state index contributed by atoms with van der Waals surface area (Å²) in [7, 11) is 0. The van der Waals surface area contributed by atoms with E-state index in [1.807, 2.05) is 0 Å². The predicted octanol–water partition coefficient (Wildman–Crippen LogP) is 3.48. The third-order valence-corrected chi connectivity index (χ3v) is 4.03. The van der Waals surface area contributed by atoms with Crippen LogP contribution in [0.3, 0.4) is 0 Å². The molecule has 2 heteroatoms. The summed E-state index contributed by atoms with van der Waals surface area (Å²) >= 11 is 0. The molecule has 1 N–H and O–H groups in total. The maximum atomic E-state index is 4.68. The number of nitrogens with one attached hydrogen (secondary N) is 1. The van der Waals surface area contributed by atoms with Crippen molar-refractivity contribution in [1.29, 1.82) is 0 Å². The summed E-state index contributed by atoms with van der Waals surface area (Å²) in [5.74, 6) is 0. The Balaban J connectivity index is 1.60. The van der Waals surface area contributed by atoms with Crippen LogP contribution in [0.1, 0.15) is 58.3 Å². The van der Waals surface area contributed by atoms with E-state index in [4.69, 9.17) is 0 Å². The van der Waals surface area contributed by atoms with Gasteiger partial charge in [0.15, 0.2) is 0 Å². The molecule has 0 aliphatic heterocycles. The molecule has 1 unspecified atom stereocenters. The monoisotopic (exact) mass is 234 g/mol. The Bertz CT molecular complexity index is 275. The number of aliphatic imine (C=N–C) groups is 1. The Morgan fingerprint density at radius 1 is 1.29 bits per heavy atom. The summed E-state index contributed by atoms with van der Waals surface area (Å²) in [5, 5.41) is 3.59. The molecule has 0 bridgehead atoms. The third-order valence-electron chi connectivity index (χ3n) is 4.03. The van der Waals surface area contributed by atoms with Gasteiger partial charge in [-0.3, -0.25) is 4.99 Å². The topological polar surface area (TPSA) is 24.4 Å². The quantitative estimate of drug-likeness (QED) is 0.584. The highest BCUT2D eigenvalue weighted by Crippen LogP contribution is 2.20. The van der Waals surface area contributed by atoms with Gasteiger partial charge in [0.25, 0.3) is 0 Å². The Kier molecular flexibility index (Phi) is 5.24. The lowest BCUT2D eigenvalue weighted by Crippen LogP contribution is -2.31. The molecule has 0 aromatic heterocycles. The van der Waals surface area contributed by atoms with Crippen molar-refractivity contribution < 1.29 is 0 Å². The summed E-state index contributed by atoms with van der Waals surface area (Å²) < 4.78 is 0. The fraction of sp³-hybridized carbons (Fsp3) is 0.800.